The Balaban J connectivity index is 1.72. The number of benzene rings is 1. The zero-order valence-corrected chi connectivity index (χ0v) is 12.0. The lowest BCUT2D eigenvalue weighted by atomic mass is 10.2. The molecule has 0 spiro atoms. The molecular formula is C14H16N6O2. The van der Waals surface area contributed by atoms with Crippen LogP contribution in [0.5, 0.6) is 0 Å². The number of urea groups is 1. The van der Waals surface area contributed by atoms with Crippen LogP contribution in [0.2, 0.25) is 0 Å². The second-order valence-corrected chi connectivity index (χ2v) is 5.26. The number of carbonyl (C=O) groups excluding carboxylic acids is 2. The van der Waals surface area contributed by atoms with E-state index < -0.39 is 17.5 Å². The SMILES string of the molecule is Cc1nc(NC(=O)NC2(C(N)=O)CC2)nn1-c1ccccc1. The summed E-state index contributed by atoms with van der Waals surface area (Å²) in [4.78, 5) is 27.4. The highest BCUT2D eigenvalue weighted by Crippen LogP contribution is 2.34. The molecule has 0 saturated heterocycles. The van der Waals surface area contributed by atoms with Crippen LogP contribution >= 0.6 is 0 Å². The lowest BCUT2D eigenvalue weighted by Crippen LogP contribution is -2.48. The maximum absolute atomic E-state index is 11.9. The topological polar surface area (TPSA) is 115 Å². The van der Waals surface area contributed by atoms with E-state index in [4.69, 9.17) is 5.73 Å². The number of para-hydroxylation sites is 1. The zero-order chi connectivity index (χ0) is 15.7. The number of hydrogen-bond donors (Lipinski definition) is 3. The fourth-order valence-corrected chi connectivity index (χ4v) is 2.16. The predicted octanol–water partition coefficient (Wildman–Crippen LogP) is 0.715. The van der Waals surface area contributed by atoms with E-state index in [2.05, 4.69) is 20.7 Å². The van der Waals surface area contributed by atoms with Gasteiger partial charge in [0.25, 0.3) is 5.95 Å². The summed E-state index contributed by atoms with van der Waals surface area (Å²) in [5, 5.41) is 9.33. The molecule has 114 valence electrons. The molecule has 4 N–H and O–H groups in total. The van der Waals surface area contributed by atoms with E-state index in [0.717, 1.165) is 5.69 Å². The second kappa shape index (κ2) is 5.14. The molecule has 8 nitrogen and oxygen atoms in total. The molecule has 1 fully saturated rings. The van der Waals surface area contributed by atoms with Crippen molar-refractivity contribution >= 4 is 17.9 Å². The van der Waals surface area contributed by atoms with Crippen LogP contribution in [0.25, 0.3) is 5.69 Å². The summed E-state index contributed by atoms with van der Waals surface area (Å²) in [5.74, 6) is 0.276. The van der Waals surface area contributed by atoms with Crippen molar-refractivity contribution in [2.24, 2.45) is 5.73 Å². The molecule has 1 aliphatic carbocycles. The van der Waals surface area contributed by atoms with Gasteiger partial charge in [-0.25, -0.2) is 9.48 Å². The summed E-state index contributed by atoms with van der Waals surface area (Å²) >= 11 is 0. The second-order valence-electron chi connectivity index (χ2n) is 5.26. The van der Waals surface area contributed by atoms with E-state index in [9.17, 15) is 9.59 Å². The summed E-state index contributed by atoms with van der Waals surface area (Å²) < 4.78 is 1.62. The van der Waals surface area contributed by atoms with Crippen LogP contribution in [0.15, 0.2) is 30.3 Å². The number of rotatable bonds is 4. The largest absolute Gasteiger partial charge is 0.368 e. The third-order valence-electron chi connectivity index (χ3n) is 3.57. The number of amides is 3. The van der Waals surface area contributed by atoms with Crippen LogP contribution in [-0.4, -0.2) is 32.2 Å². The maximum atomic E-state index is 11.9. The lowest BCUT2D eigenvalue weighted by Gasteiger charge is -2.12. The number of aromatic nitrogens is 3. The fourth-order valence-electron chi connectivity index (χ4n) is 2.16. The van der Waals surface area contributed by atoms with Gasteiger partial charge in [0.1, 0.15) is 11.4 Å². The Hall–Kier alpha value is -2.90. The van der Waals surface area contributed by atoms with Gasteiger partial charge in [-0.1, -0.05) is 18.2 Å². The van der Waals surface area contributed by atoms with Gasteiger partial charge >= 0.3 is 6.03 Å². The van der Waals surface area contributed by atoms with Crippen LogP contribution in [-0.2, 0) is 4.79 Å². The molecule has 1 aromatic heterocycles. The van der Waals surface area contributed by atoms with Gasteiger partial charge < -0.3 is 11.1 Å². The number of nitrogens with one attached hydrogen (secondary N) is 2. The Morgan fingerprint density at radius 1 is 1.27 bits per heavy atom. The molecule has 1 aromatic carbocycles. The number of carbonyl (C=O) groups is 2. The minimum Gasteiger partial charge on any atom is -0.368 e. The first kappa shape index (κ1) is 14.1. The molecular weight excluding hydrogens is 284 g/mol. The molecule has 3 amide bonds. The normalized spacial score (nSPS) is 15.1. The Morgan fingerprint density at radius 2 is 1.95 bits per heavy atom. The van der Waals surface area contributed by atoms with Crippen molar-refractivity contribution in [1.82, 2.24) is 20.1 Å². The van der Waals surface area contributed by atoms with Gasteiger partial charge in [0.15, 0.2) is 0 Å². The molecule has 8 heteroatoms. The Bertz CT molecular complexity index is 720. The van der Waals surface area contributed by atoms with Gasteiger partial charge in [-0.05, 0) is 31.9 Å². The first-order chi connectivity index (χ1) is 10.5. The highest BCUT2D eigenvalue weighted by molar-refractivity contribution is 5.96. The molecule has 0 atom stereocenters. The van der Waals surface area contributed by atoms with Crippen LogP contribution in [0.3, 0.4) is 0 Å². The predicted molar refractivity (Wildman–Crippen MR) is 79.4 cm³/mol. The molecule has 0 radical (unpaired) electrons. The summed E-state index contributed by atoms with van der Waals surface area (Å²) in [6, 6.07) is 8.91. The van der Waals surface area contributed by atoms with E-state index in [1.165, 1.54) is 0 Å². The van der Waals surface area contributed by atoms with E-state index >= 15 is 0 Å². The standard InChI is InChI=1S/C14H16N6O2/c1-9-16-12(19-20(9)10-5-3-2-4-6-10)17-13(22)18-14(7-8-14)11(15)21/h2-6H,7-8H2,1H3,(H2,15,21)(H2,17,18,19,22). The maximum Gasteiger partial charge on any atom is 0.322 e. The summed E-state index contributed by atoms with van der Waals surface area (Å²) in [6.45, 7) is 1.79. The van der Waals surface area contributed by atoms with Gasteiger partial charge in [0, 0.05) is 0 Å². The van der Waals surface area contributed by atoms with E-state index in [1.54, 1.807) is 11.6 Å². The molecule has 3 rings (SSSR count). The molecule has 0 unspecified atom stereocenters. The van der Waals surface area contributed by atoms with Gasteiger partial charge in [0.2, 0.25) is 5.91 Å². The molecule has 1 aliphatic rings. The molecule has 2 aromatic rings. The van der Waals surface area contributed by atoms with Crippen LogP contribution in [0.1, 0.15) is 18.7 Å². The minimum atomic E-state index is -0.916. The summed E-state index contributed by atoms with van der Waals surface area (Å²) in [6.07, 6.45) is 1.11. The van der Waals surface area contributed by atoms with Crippen LogP contribution in [0.4, 0.5) is 10.7 Å². The first-order valence-corrected chi connectivity index (χ1v) is 6.88. The van der Waals surface area contributed by atoms with Crippen molar-refractivity contribution in [3.63, 3.8) is 0 Å². The quantitative estimate of drug-likeness (QED) is 0.771. The smallest absolute Gasteiger partial charge is 0.322 e. The van der Waals surface area contributed by atoms with E-state index in [0.29, 0.717) is 18.7 Å². The number of hydrogen-bond acceptors (Lipinski definition) is 4. The van der Waals surface area contributed by atoms with Crippen molar-refractivity contribution < 1.29 is 9.59 Å². The number of aryl methyl sites for hydroxylation is 1. The average molecular weight is 300 g/mol. The van der Waals surface area contributed by atoms with E-state index in [-0.39, 0.29) is 5.95 Å². The number of nitrogens with two attached hydrogens (primary N) is 1. The molecule has 1 saturated carbocycles. The van der Waals surface area contributed by atoms with Crippen molar-refractivity contribution in [1.29, 1.82) is 0 Å². The Labute approximate surface area is 126 Å². The molecule has 0 bridgehead atoms. The van der Waals surface area contributed by atoms with Crippen LogP contribution < -0.4 is 16.4 Å². The molecule has 1 heterocycles. The Morgan fingerprint density at radius 3 is 2.55 bits per heavy atom. The number of primary amides is 1. The van der Waals surface area contributed by atoms with Gasteiger partial charge in [-0.2, -0.15) is 4.98 Å². The average Bonchev–Trinajstić information content (AvgIpc) is 3.17. The number of anilines is 1. The Kier molecular flexibility index (Phi) is 3.28. The summed E-state index contributed by atoms with van der Waals surface area (Å²) in [5.41, 5.74) is 5.19. The van der Waals surface area contributed by atoms with Gasteiger partial charge in [-0.15, -0.1) is 5.10 Å². The van der Waals surface area contributed by atoms with E-state index in [1.807, 2.05) is 30.3 Å². The van der Waals surface area contributed by atoms with Crippen molar-refractivity contribution in [2.75, 3.05) is 5.32 Å². The highest BCUT2D eigenvalue weighted by Gasteiger charge is 2.50. The summed E-state index contributed by atoms with van der Waals surface area (Å²) in [7, 11) is 0. The molecule has 0 aliphatic heterocycles. The van der Waals surface area contributed by atoms with Gasteiger partial charge in [-0.3, -0.25) is 10.1 Å². The lowest BCUT2D eigenvalue weighted by molar-refractivity contribution is -0.120. The van der Waals surface area contributed by atoms with Crippen molar-refractivity contribution in [3.05, 3.63) is 36.2 Å². The number of nitrogens with zero attached hydrogens (tertiary/aromatic N) is 3. The minimum absolute atomic E-state index is 0.166. The third-order valence-corrected chi connectivity index (χ3v) is 3.57. The van der Waals surface area contributed by atoms with Crippen LogP contribution in [0, 0.1) is 6.92 Å². The van der Waals surface area contributed by atoms with Gasteiger partial charge in [0.05, 0.1) is 5.69 Å². The first-order valence-electron chi connectivity index (χ1n) is 6.88. The third kappa shape index (κ3) is 2.62. The fraction of sp³-hybridized carbons (Fsp3) is 0.286. The van der Waals surface area contributed by atoms with Crippen molar-refractivity contribution in [2.45, 2.75) is 25.3 Å². The monoisotopic (exact) mass is 300 g/mol. The van der Waals surface area contributed by atoms with Crippen molar-refractivity contribution in [3.8, 4) is 5.69 Å². The highest BCUT2D eigenvalue weighted by atomic mass is 16.2. The zero-order valence-electron chi connectivity index (χ0n) is 12.0. The molecule has 22 heavy (non-hydrogen) atoms.